The van der Waals surface area contributed by atoms with E-state index in [0.717, 1.165) is 0 Å². The van der Waals surface area contributed by atoms with E-state index in [4.69, 9.17) is 10.3 Å². The summed E-state index contributed by atoms with van der Waals surface area (Å²) in [6, 6.07) is 0. The number of nitrogens with one attached hydrogen (secondary N) is 1. The Kier molecular flexibility index (Phi) is 7.59. The molecular weight excluding hydrogens is 294 g/mol. The van der Waals surface area contributed by atoms with Crippen molar-refractivity contribution in [3.63, 3.8) is 0 Å². The van der Waals surface area contributed by atoms with Crippen LogP contribution in [0.25, 0.3) is 0 Å². The fourth-order valence-electron chi connectivity index (χ4n) is 1.21. The van der Waals surface area contributed by atoms with Gasteiger partial charge < -0.3 is 15.6 Å². The van der Waals surface area contributed by atoms with Crippen LogP contribution in [0.4, 0.5) is 8.78 Å². The van der Waals surface area contributed by atoms with Crippen LogP contribution in [-0.4, -0.2) is 35.1 Å². The highest BCUT2D eigenvalue weighted by molar-refractivity contribution is 5.85. The molecular formula is C11H19ClF2N4O2. The van der Waals surface area contributed by atoms with Crippen LogP contribution >= 0.6 is 12.4 Å². The number of nitrogens with two attached hydrogens (primary N) is 1. The summed E-state index contributed by atoms with van der Waals surface area (Å²) < 4.78 is 30.5. The number of carbonyl (C=O) groups is 1. The van der Waals surface area contributed by atoms with Crippen LogP contribution in [0.5, 0.6) is 0 Å². The average Bonchev–Trinajstić information content (AvgIpc) is 2.83. The van der Waals surface area contributed by atoms with E-state index in [1.807, 2.05) is 13.8 Å². The molecule has 0 atom stereocenters. The smallest absolute Gasteiger partial charge is 0.277 e. The first-order chi connectivity index (χ1) is 8.84. The first-order valence-electron chi connectivity index (χ1n) is 6.01. The fourth-order valence-corrected chi connectivity index (χ4v) is 1.21. The van der Waals surface area contributed by atoms with Gasteiger partial charge in [-0.3, -0.25) is 4.79 Å². The summed E-state index contributed by atoms with van der Waals surface area (Å²) in [4.78, 5) is 15.4. The Morgan fingerprint density at radius 1 is 1.50 bits per heavy atom. The molecule has 1 rings (SSSR count). The minimum atomic E-state index is -3.08. The van der Waals surface area contributed by atoms with Crippen molar-refractivity contribution >= 4 is 18.3 Å². The highest BCUT2D eigenvalue weighted by Gasteiger charge is 2.27. The van der Waals surface area contributed by atoms with Crippen molar-refractivity contribution in [2.24, 2.45) is 5.73 Å². The van der Waals surface area contributed by atoms with E-state index in [-0.39, 0.29) is 31.2 Å². The maximum atomic E-state index is 12.8. The Bertz CT molecular complexity index is 426. The first kappa shape index (κ1) is 18.7. The van der Waals surface area contributed by atoms with Crippen molar-refractivity contribution in [2.75, 3.05) is 13.1 Å². The number of amides is 1. The molecule has 1 heterocycles. The van der Waals surface area contributed by atoms with Crippen LogP contribution in [0.1, 0.15) is 37.9 Å². The lowest BCUT2D eigenvalue weighted by molar-refractivity contribution is -0.122. The Labute approximate surface area is 121 Å². The number of hydrogen-bond acceptors (Lipinski definition) is 5. The average molecular weight is 313 g/mol. The van der Waals surface area contributed by atoms with Crippen molar-refractivity contribution in [1.82, 2.24) is 15.5 Å². The molecule has 3 N–H and O–H groups in total. The van der Waals surface area contributed by atoms with Gasteiger partial charge in [0.2, 0.25) is 11.8 Å². The van der Waals surface area contributed by atoms with Crippen molar-refractivity contribution in [3.8, 4) is 0 Å². The third-order valence-corrected chi connectivity index (χ3v) is 2.41. The highest BCUT2D eigenvalue weighted by atomic mass is 35.5. The second-order valence-electron chi connectivity index (χ2n) is 4.54. The van der Waals surface area contributed by atoms with Crippen molar-refractivity contribution < 1.29 is 18.1 Å². The van der Waals surface area contributed by atoms with Crippen molar-refractivity contribution in [3.05, 3.63) is 11.7 Å². The molecule has 116 valence electrons. The molecule has 9 heteroatoms. The topological polar surface area (TPSA) is 94.0 Å². The molecule has 6 nitrogen and oxygen atoms in total. The number of aryl methyl sites for hydroxylation is 1. The van der Waals surface area contributed by atoms with E-state index in [1.54, 1.807) is 0 Å². The molecule has 1 aromatic heterocycles. The Morgan fingerprint density at radius 2 is 2.15 bits per heavy atom. The molecule has 0 unspecified atom stereocenters. The zero-order chi connectivity index (χ0) is 14.5. The Hall–Kier alpha value is -1.28. The SMILES string of the molecule is CC(C)c1noc(CCC(=O)NCC(F)(F)CN)n1.Cl. The Balaban J connectivity index is 0.00000361. The number of carbonyl (C=O) groups excluding carboxylic acids is 1. The molecule has 0 bridgehead atoms. The van der Waals surface area contributed by atoms with Crippen LogP contribution in [-0.2, 0) is 11.2 Å². The van der Waals surface area contributed by atoms with Gasteiger partial charge >= 0.3 is 0 Å². The maximum Gasteiger partial charge on any atom is 0.277 e. The zero-order valence-electron chi connectivity index (χ0n) is 11.4. The number of hydrogen-bond donors (Lipinski definition) is 2. The standard InChI is InChI=1S/C11H18F2N4O2.ClH/c1-7(2)10-16-9(19-17-10)4-3-8(18)15-6-11(12,13)5-14;/h7H,3-6,14H2,1-2H3,(H,15,18);1H. The normalized spacial score (nSPS) is 11.3. The van der Waals surface area contributed by atoms with E-state index in [0.29, 0.717) is 11.7 Å². The van der Waals surface area contributed by atoms with Gasteiger partial charge in [-0.15, -0.1) is 12.4 Å². The molecule has 0 aromatic carbocycles. The summed E-state index contributed by atoms with van der Waals surface area (Å²) in [5.41, 5.74) is 4.85. The van der Waals surface area contributed by atoms with Gasteiger partial charge in [0.25, 0.3) is 5.92 Å². The first-order valence-corrected chi connectivity index (χ1v) is 6.01. The summed E-state index contributed by atoms with van der Waals surface area (Å²) >= 11 is 0. The summed E-state index contributed by atoms with van der Waals surface area (Å²) in [5, 5.41) is 5.85. The summed E-state index contributed by atoms with van der Waals surface area (Å²) in [7, 11) is 0. The quantitative estimate of drug-likeness (QED) is 0.790. The van der Waals surface area contributed by atoms with E-state index in [1.165, 1.54) is 0 Å². The largest absolute Gasteiger partial charge is 0.350 e. The van der Waals surface area contributed by atoms with Gasteiger partial charge in [-0.2, -0.15) is 4.98 Å². The van der Waals surface area contributed by atoms with Gasteiger partial charge in [0.1, 0.15) is 0 Å². The van der Waals surface area contributed by atoms with Gasteiger partial charge in [0.05, 0.1) is 13.1 Å². The lowest BCUT2D eigenvalue weighted by Gasteiger charge is -2.14. The molecule has 0 aliphatic carbocycles. The van der Waals surface area contributed by atoms with Gasteiger partial charge in [-0.1, -0.05) is 19.0 Å². The van der Waals surface area contributed by atoms with Crippen LogP contribution in [0.15, 0.2) is 4.52 Å². The predicted octanol–water partition coefficient (Wildman–Crippen LogP) is 1.26. The molecule has 0 saturated heterocycles. The predicted molar refractivity (Wildman–Crippen MR) is 71.0 cm³/mol. The third kappa shape index (κ3) is 6.25. The number of nitrogens with zero attached hydrogens (tertiary/aromatic N) is 2. The highest BCUT2D eigenvalue weighted by Crippen LogP contribution is 2.11. The molecule has 0 radical (unpaired) electrons. The molecule has 1 aromatic rings. The fraction of sp³-hybridized carbons (Fsp3) is 0.727. The molecule has 0 saturated carbocycles. The van der Waals surface area contributed by atoms with Gasteiger partial charge in [-0.25, -0.2) is 8.78 Å². The number of aromatic nitrogens is 2. The minimum absolute atomic E-state index is 0. The van der Waals surface area contributed by atoms with E-state index in [9.17, 15) is 13.6 Å². The molecule has 0 fully saturated rings. The molecule has 0 spiro atoms. The maximum absolute atomic E-state index is 12.8. The van der Waals surface area contributed by atoms with Crippen molar-refractivity contribution in [2.45, 2.75) is 38.5 Å². The van der Waals surface area contributed by atoms with Crippen LogP contribution in [0, 0.1) is 0 Å². The van der Waals surface area contributed by atoms with Crippen molar-refractivity contribution in [1.29, 1.82) is 0 Å². The third-order valence-electron chi connectivity index (χ3n) is 2.41. The molecule has 1 amide bonds. The second kappa shape index (κ2) is 8.11. The van der Waals surface area contributed by atoms with Gasteiger partial charge in [0.15, 0.2) is 5.82 Å². The lowest BCUT2D eigenvalue weighted by Crippen LogP contribution is -2.41. The monoisotopic (exact) mass is 312 g/mol. The van der Waals surface area contributed by atoms with Crippen LogP contribution in [0.3, 0.4) is 0 Å². The number of alkyl halides is 2. The van der Waals surface area contributed by atoms with E-state index < -0.39 is 24.9 Å². The number of halogens is 3. The molecule has 0 aliphatic heterocycles. The number of rotatable bonds is 7. The van der Waals surface area contributed by atoms with Gasteiger partial charge in [-0.05, 0) is 0 Å². The van der Waals surface area contributed by atoms with E-state index >= 15 is 0 Å². The summed E-state index contributed by atoms with van der Waals surface area (Å²) in [5.74, 6) is -2.56. The summed E-state index contributed by atoms with van der Waals surface area (Å²) in [6.45, 7) is 2.27. The van der Waals surface area contributed by atoms with Gasteiger partial charge in [0, 0.05) is 18.8 Å². The summed E-state index contributed by atoms with van der Waals surface area (Å²) in [6.07, 6.45) is 0.236. The zero-order valence-corrected chi connectivity index (χ0v) is 12.2. The minimum Gasteiger partial charge on any atom is -0.350 e. The van der Waals surface area contributed by atoms with E-state index in [2.05, 4.69) is 15.5 Å². The second-order valence-corrected chi connectivity index (χ2v) is 4.54. The molecule has 20 heavy (non-hydrogen) atoms. The molecule has 0 aliphatic rings. The Morgan fingerprint density at radius 3 is 2.65 bits per heavy atom. The van der Waals surface area contributed by atoms with Crippen LogP contribution in [0.2, 0.25) is 0 Å². The van der Waals surface area contributed by atoms with Crippen LogP contribution < -0.4 is 11.1 Å². The lowest BCUT2D eigenvalue weighted by atomic mass is 10.2.